The maximum absolute atomic E-state index is 10.8. The van der Waals surface area contributed by atoms with E-state index in [-0.39, 0.29) is 23.8 Å². The van der Waals surface area contributed by atoms with Gasteiger partial charge in [-0.05, 0) is 5.41 Å². The first-order valence-electron chi connectivity index (χ1n) is 3.90. The van der Waals surface area contributed by atoms with Gasteiger partial charge in [0.1, 0.15) is 0 Å². The highest BCUT2D eigenvalue weighted by Crippen LogP contribution is 2.22. The second kappa shape index (κ2) is 4.26. The summed E-state index contributed by atoms with van der Waals surface area (Å²) in [6.45, 7) is 7.53. The third-order valence-corrected chi connectivity index (χ3v) is 2.10. The van der Waals surface area contributed by atoms with E-state index in [1.807, 2.05) is 13.8 Å². The minimum atomic E-state index is -0.280. The summed E-state index contributed by atoms with van der Waals surface area (Å²) in [6, 6.07) is -0.234. The zero-order chi connectivity index (χ0) is 9.78. The van der Waals surface area contributed by atoms with Crippen LogP contribution >= 0.6 is 0 Å². The van der Waals surface area contributed by atoms with Crippen LogP contribution in [0.2, 0.25) is 0 Å². The maximum atomic E-state index is 10.8. The van der Waals surface area contributed by atoms with Crippen LogP contribution in [-0.2, 0) is 9.53 Å². The van der Waals surface area contributed by atoms with E-state index in [9.17, 15) is 4.79 Å². The largest absolute Gasteiger partial charge is 0.469 e. The fourth-order valence-electron chi connectivity index (χ4n) is 0.677. The fourth-order valence-corrected chi connectivity index (χ4v) is 0.677. The van der Waals surface area contributed by atoms with E-state index in [1.165, 1.54) is 7.11 Å². The third-order valence-electron chi connectivity index (χ3n) is 2.10. The molecule has 0 saturated heterocycles. The van der Waals surface area contributed by atoms with Gasteiger partial charge in [0.05, 0.1) is 13.5 Å². The molecular weight excluding hydrogens is 154 g/mol. The molecule has 3 nitrogen and oxygen atoms in total. The molecule has 0 aliphatic rings. The van der Waals surface area contributed by atoms with Crippen molar-refractivity contribution in [2.75, 3.05) is 7.11 Å². The van der Waals surface area contributed by atoms with Gasteiger partial charge in [-0.1, -0.05) is 19.9 Å². The van der Waals surface area contributed by atoms with Gasteiger partial charge in [0.15, 0.2) is 0 Å². The van der Waals surface area contributed by atoms with Crippen LogP contribution in [0.1, 0.15) is 20.3 Å². The first kappa shape index (κ1) is 11.2. The van der Waals surface area contributed by atoms with Crippen molar-refractivity contribution in [2.24, 2.45) is 11.1 Å². The van der Waals surface area contributed by atoms with Gasteiger partial charge in [-0.3, -0.25) is 4.79 Å². The topological polar surface area (TPSA) is 52.3 Å². The average molecular weight is 171 g/mol. The number of nitrogens with two attached hydrogens (primary N) is 1. The van der Waals surface area contributed by atoms with Gasteiger partial charge in [-0.2, -0.15) is 0 Å². The summed E-state index contributed by atoms with van der Waals surface area (Å²) in [4.78, 5) is 10.8. The first-order chi connectivity index (χ1) is 5.44. The van der Waals surface area contributed by atoms with E-state index < -0.39 is 0 Å². The van der Waals surface area contributed by atoms with E-state index in [0.29, 0.717) is 0 Å². The van der Waals surface area contributed by atoms with E-state index in [2.05, 4.69) is 11.3 Å². The Kier molecular flexibility index (Phi) is 3.96. The summed E-state index contributed by atoms with van der Waals surface area (Å²) in [5.41, 5.74) is 5.54. The van der Waals surface area contributed by atoms with E-state index in [1.54, 1.807) is 6.08 Å². The van der Waals surface area contributed by atoms with Gasteiger partial charge in [-0.15, -0.1) is 6.58 Å². The molecule has 0 fully saturated rings. The molecule has 12 heavy (non-hydrogen) atoms. The highest BCUT2D eigenvalue weighted by Gasteiger charge is 2.25. The monoisotopic (exact) mass is 171 g/mol. The van der Waals surface area contributed by atoms with Crippen LogP contribution in [0.15, 0.2) is 12.7 Å². The van der Waals surface area contributed by atoms with Crippen LogP contribution in [0.5, 0.6) is 0 Å². The van der Waals surface area contributed by atoms with Crippen molar-refractivity contribution < 1.29 is 9.53 Å². The minimum absolute atomic E-state index is 0.228. The van der Waals surface area contributed by atoms with E-state index in [4.69, 9.17) is 5.73 Å². The van der Waals surface area contributed by atoms with Crippen molar-refractivity contribution in [2.45, 2.75) is 26.3 Å². The quantitative estimate of drug-likeness (QED) is 0.509. The third kappa shape index (κ3) is 3.05. The smallest absolute Gasteiger partial charge is 0.307 e. The molecule has 0 amide bonds. The summed E-state index contributed by atoms with van der Waals surface area (Å²) < 4.78 is 4.51. The summed E-state index contributed by atoms with van der Waals surface area (Å²) in [5, 5.41) is 0. The number of hydrogen-bond donors (Lipinski definition) is 1. The molecule has 0 aromatic rings. The molecule has 1 unspecified atom stereocenters. The zero-order valence-corrected chi connectivity index (χ0v) is 7.96. The van der Waals surface area contributed by atoms with Crippen molar-refractivity contribution in [3.05, 3.63) is 12.7 Å². The molecule has 0 bridgehead atoms. The normalized spacial score (nSPS) is 13.7. The van der Waals surface area contributed by atoms with Crippen LogP contribution in [0.25, 0.3) is 0 Å². The summed E-state index contributed by atoms with van der Waals surface area (Å²) in [5.74, 6) is -0.280. The maximum Gasteiger partial charge on any atom is 0.307 e. The summed E-state index contributed by atoms with van der Waals surface area (Å²) >= 11 is 0. The number of methoxy groups -OCH3 is 1. The Morgan fingerprint density at radius 2 is 2.25 bits per heavy atom. The van der Waals surface area contributed by atoms with Crippen LogP contribution in [0.3, 0.4) is 0 Å². The van der Waals surface area contributed by atoms with Crippen molar-refractivity contribution in [1.29, 1.82) is 0 Å². The molecule has 0 aliphatic heterocycles. The van der Waals surface area contributed by atoms with Crippen LogP contribution < -0.4 is 5.73 Å². The van der Waals surface area contributed by atoms with Gasteiger partial charge >= 0.3 is 5.97 Å². The zero-order valence-electron chi connectivity index (χ0n) is 7.96. The number of rotatable bonds is 4. The van der Waals surface area contributed by atoms with Gasteiger partial charge in [-0.25, -0.2) is 0 Å². The molecule has 0 saturated carbocycles. The Morgan fingerprint density at radius 1 is 1.75 bits per heavy atom. The molecule has 70 valence electrons. The SMILES string of the molecule is C=CC(C)(C)C(N)CC(=O)OC. The second-order valence-corrected chi connectivity index (χ2v) is 3.41. The second-order valence-electron chi connectivity index (χ2n) is 3.41. The molecule has 0 aromatic heterocycles. The molecule has 0 aliphatic carbocycles. The number of ether oxygens (including phenoxy) is 1. The molecule has 0 spiro atoms. The Morgan fingerprint density at radius 3 is 2.58 bits per heavy atom. The van der Waals surface area contributed by atoms with E-state index in [0.717, 1.165) is 0 Å². The molecule has 0 radical (unpaired) electrons. The number of carbonyl (C=O) groups excluding carboxylic acids is 1. The van der Waals surface area contributed by atoms with Gasteiger partial charge in [0.2, 0.25) is 0 Å². The molecule has 3 heteroatoms. The van der Waals surface area contributed by atoms with Crippen molar-refractivity contribution in [3.63, 3.8) is 0 Å². The molecule has 2 N–H and O–H groups in total. The lowest BCUT2D eigenvalue weighted by atomic mass is 9.83. The lowest BCUT2D eigenvalue weighted by molar-refractivity contribution is -0.141. The lowest BCUT2D eigenvalue weighted by Gasteiger charge is -2.26. The lowest BCUT2D eigenvalue weighted by Crippen LogP contribution is -2.37. The molecule has 0 heterocycles. The highest BCUT2D eigenvalue weighted by molar-refractivity contribution is 5.70. The minimum Gasteiger partial charge on any atom is -0.469 e. The van der Waals surface area contributed by atoms with Crippen LogP contribution in [-0.4, -0.2) is 19.1 Å². The Balaban J connectivity index is 4.11. The molecule has 0 rings (SSSR count). The van der Waals surface area contributed by atoms with E-state index >= 15 is 0 Å². The predicted octanol–water partition coefficient (Wildman–Crippen LogP) is 1.09. The van der Waals surface area contributed by atoms with Crippen molar-refractivity contribution in [1.82, 2.24) is 0 Å². The van der Waals surface area contributed by atoms with Gasteiger partial charge in [0.25, 0.3) is 0 Å². The van der Waals surface area contributed by atoms with Crippen molar-refractivity contribution in [3.8, 4) is 0 Å². The van der Waals surface area contributed by atoms with Crippen LogP contribution in [0.4, 0.5) is 0 Å². The number of esters is 1. The number of hydrogen-bond acceptors (Lipinski definition) is 3. The Hall–Kier alpha value is -0.830. The summed E-state index contributed by atoms with van der Waals surface area (Å²) in [7, 11) is 1.36. The van der Waals surface area contributed by atoms with Crippen LogP contribution in [0, 0.1) is 5.41 Å². The average Bonchev–Trinajstić information content (AvgIpc) is 2.04. The Bertz CT molecular complexity index is 175. The fraction of sp³-hybridized carbons (Fsp3) is 0.667. The predicted molar refractivity (Wildman–Crippen MR) is 48.6 cm³/mol. The van der Waals surface area contributed by atoms with Gasteiger partial charge < -0.3 is 10.5 Å². The van der Waals surface area contributed by atoms with Gasteiger partial charge in [0, 0.05) is 6.04 Å². The number of carbonyl (C=O) groups is 1. The molecule has 0 aromatic carbocycles. The first-order valence-corrected chi connectivity index (χ1v) is 3.90. The Labute approximate surface area is 73.6 Å². The standard InChI is InChI=1S/C9H17NO2/c1-5-9(2,3)7(10)6-8(11)12-4/h5,7H,1,6,10H2,2-4H3. The molecule has 1 atom stereocenters. The molecular formula is C9H17NO2. The van der Waals surface area contributed by atoms with Crippen molar-refractivity contribution >= 4 is 5.97 Å². The highest BCUT2D eigenvalue weighted by atomic mass is 16.5. The summed E-state index contributed by atoms with van der Waals surface area (Å²) in [6.07, 6.45) is 1.98.